The highest BCUT2D eigenvalue weighted by atomic mass is 79.9. The van der Waals surface area contributed by atoms with Crippen molar-refractivity contribution < 1.29 is 18.7 Å². The topological polar surface area (TPSA) is 46.0 Å². The van der Waals surface area contributed by atoms with Crippen LogP contribution < -0.4 is 0 Å². The van der Waals surface area contributed by atoms with Crippen LogP contribution >= 0.6 is 15.9 Å². The molecule has 7 heteroatoms. The molecule has 4 rings (SSSR count). The Hall–Kier alpha value is -2.87. The Morgan fingerprint density at radius 2 is 1.44 bits per heavy atom. The molecule has 2 aromatic carbocycles. The highest BCUT2D eigenvalue weighted by Gasteiger charge is 2.30. The molecule has 1 atom stereocenters. The Morgan fingerprint density at radius 1 is 0.953 bits per heavy atom. The number of carbonyl (C=O) groups excluding carboxylic acids is 1. The Labute approximate surface area is 265 Å². The maximum Gasteiger partial charge on any atom is 0.254 e. The lowest BCUT2D eigenvalue weighted by molar-refractivity contribution is -0.122. The smallest absolute Gasteiger partial charge is 0.254 e. The van der Waals surface area contributed by atoms with Gasteiger partial charge in [-0.15, -0.1) is 6.58 Å². The summed E-state index contributed by atoms with van der Waals surface area (Å²) in [5, 5.41) is 9.24. The molecule has 0 aromatic heterocycles. The SMILES string of the molecule is C=CC(O)C1CCCC1.[C-]#[N+]C(C)(C)c1ccc(Br)cc1F.[C-]#[N+]C(C)(C)c1ccc(CCC(=O)C2CCCC2)cc1F. The van der Waals surface area contributed by atoms with Crippen LogP contribution in [0.15, 0.2) is 53.5 Å². The second-order valence-corrected chi connectivity index (χ2v) is 13.4. The third-order valence-electron chi connectivity index (χ3n) is 8.44. The minimum absolute atomic E-state index is 0.232. The van der Waals surface area contributed by atoms with Crippen molar-refractivity contribution in [2.75, 3.05) is 0 Å². The minimum Gasteiger partial charge on any atom is -0.389 e. The van der Waals surface area contributed by atoms with Gasteiger partial charge in [0.25, 0.3) is 11.1 Å². The first-order valence-corrected chi connectivity index (χ1v) is 15.9. The van der Waals surface area contributed by atoms with Crippen molar-refractivity contribution in [3.05, 3.63) is 105 Å². The summed E-state index contributed by atoms with van der Waals surface area (Å²) in [6, 6.07) is 9.76. The van der Waals surface area contributed by atoms with Gasteiger partial charge in [0.05, 0.1) is 17.2 Å². The Morgan fingerprint density at radius 3 is 1.91 bits per heavy atom. The molecule has 232 valence electrons. The Balaban J connectivity index is 0.000000249. The van der Waals surface area contributed by atoms with Crippen molar-refractivity contribution in [3.63, 3.8) is 0 Å². The number of aryl methyl sites for hydroxylation is 1. The van der Waals surface area contributed by atoms with Crippen molar-refractivity contribution in [2.45, 2.75) is 109 Å². The number of aliphatic hydroxyl groups is 1. The fourth-order valence-corrected chi connectivity index (χ4v) is 5.86. The predicted molar refractivity (Wildman–Crippen MR) is 173 cm³/mol. The average molecular weight is 656 g/mol. The Kier molecular flexibility index (Phi) is 14.2. The van der Waals surface area contributed by atoms with E-state index >= 15 is 0 Å². The third kappa shape index (κ3) is 11.0. The summed E-state index contributed by atoms with van der Waals surface area (Å²) in [6.07, 6.45) is 11.8. The number of hydrogen-bond donors (Lipinski definition) is 1. The largest absolute Gasteiger partial charge is 0.389 e. The van der Waals surface area contributed by atoms with E-state index in [1.807, 2.05) is 6.07 Å². The molecule has 0 heterocycles. The Bertz CT molecular complexity index is 1310. The molecule has 43 heavy (non-hydrogen) atoms. The second-order valence-electron chi connectivity index (χ2n) is 12.5. The average Bonchev–Trinajstić information content (AvgIpc) is 3.71. The van der Waals surface area contributed by atoms with E-state index in [9.17, 15) is 18.7 Å². The zero-order valence-corrected chi connectivity index (χ0v) is 27.5. The summed E-state index contributed by atoms with van der Waals surface area (Å²) in [7, 11) is 0. The zero-order chi connectivity index (χ0) is 32.2. The molecule has 0 saturated heterocycles. The van der Waals surface area contributed by atoms with E-state index in [1.54, 1.807) is 52.0 Å². The molecule has 0 bridgehead atoms. The van der Waals surface area contributed by atoms with Gasteiger partial charge in [-0.05, 0) is 73.9 Å². The monoisotopic (exact) mass is 654 g/mol. The van der Waals surface area contributed by atoms with E-state index in [4.69, 9.17) is 13.1 Å². The van der Waals surface area contributed by atoms with Crippen LogP contribution in [0, 0.1) is 36.6 Å². The number of benzene rings is 2. The molecular formula is C36H45BrF2N2O2. The van der Waals surface area contributed by atoms with E-state index in [1.165, 1.54) is 37.8 Å². The van der Waals surface area contributed by atoms with E-state index in [0.29, 0.717) is 40.1 Å². The van der Waals surface area contributed by atoms with Crippen LogP contribution in [0.5, 0.6) is 0 Å². The van der Waals surface area contributed by atoms with Gasteiger partial charge in [0.2, 0.25) is 0 Å². The number of ketones is 1. The van der Waals surface area contributed by atoms with Crippen molar-refractivity contribution in [1.82, 2.24) is 0 Å². The predicted octanol–water partition coefficient (Wildman–Crippen LogP) is 10.1. The first-order valence-electron chi connectivity index (χ1n) is 15.1. The van der Waals surface area contributed by atoms with Crippen molar-refractivity contribution in [2.24, 2.45) is 11.8 Å². The molecule has 1 unspecified atom stereocenters. The minimum atomic E-state index is -0.845. The summed E-state index contributed by atoms with van der Waals surface area (Å²) < 4.78 is 28.2. The van der Waals surface area contributed by atoms with Gasteiger partial charge < -0.3 is 14.8 Å². The quantitative estimate of drug-likeness (QED) is 0.227. The van der Waals surface area contributed by atoms with Gasteiger partial charge >= 0.3 is 0 Å². The molecule has 2 saturated carbocycles. The number of Topliss-reactive ketones (excluding diaryl/α,β-unsaturated/α-hetero) is 1. The first-order chi connectivity index (χ1) is 20.2. The van der Waals surface area contributed by atoms with E-state index in [-0.39, 0.29) is 23.7 Å². The van der Waals surface area contributed by atoms with Gasteiger partial charge in [-0.3, -0.25) is 4.79 Å². The fourth-order valence-electron chi connectivity index (χ4n) is 5.53. The highest BCUT2D eigenvalue weighted by molar-refractivity contribution is 9.10. The molecule has 4 nitrogen and oxygen atoms in total. The summed E-state index contributed by atoms with van der Waals surface area (Å²) >= 11 is 3.17. The molecule has 0 aliphatic heterocycles. The highest BCUT2D eigenvalue weighted by Crippen LogP contribution is 2.31. The second kappa shape index (κ2) is 16.8. The number of halogens is 3. The number of nitrogens with zero attached hydrogens (tertiary/aromatic N) is 2. The standard InChI is InChI=1S/C18H22FNO.C10H9BrFN.C8H14O/c1-18(2,20-3)15-10-8-13(12-16(15)19)9-11-17(21)14-6-4-5-7-14;1-10(2,13-3)8-5-4-7(11)6-9(8)12;1-2-8(9)7-5-3-4-6-7/h8,10,12,14H,4-7,9,11H2,1-2H3;4-6H,1-2H3;2,7-9H,1,3-6H2. The normalized spacial score (nSPS) is 16.1. The number of carbonyl (C=O) groups is 1. The summed E-state index contributed by atoms with van der Waals surface area (Å²) in [4.78, 5) is 18.9. The third-order valence-corrected chi connectivity index (χ3v) is 8.93. The maximum atomic E-state index is 14.1. The zero-order valence-electron chi connectivity index (χ0n) is 25.9. The summed E-state index contributed by atoms with van der Waals surface area (Å²) in [6.45, 7) is 24.5. The summed E-state index contributed by atoms with van der Waals surface area (Å²) in [5.74, 6) is 0.383. The van der Waals surface area contributed by atoms with Crippen molar-refractivity contribution >= 4 is 21.7 Å². The summed E-state index contributed by atoms with van der Waals surface area (Å²) in [5.41, 5.74) is 0.0602. The van der Waals surface area contributed by atoms with Gasteiger partial charge in [-0.2, -0.15) is 0 Å². The molecule has 2 aliphatic carbocycles. The van der Waals surface area contributed by atoms with Gasteiger partial charge in [0.15, 0.2) is 0 Å². The van der Waals surface area contributed by atoms with Crippen molar-refractivity contribution in [1.29, 1.82) is 0 Å². The molecular weight excluding hydrogens is 610 g/mol. The fraction of sp³-hybridized carbons (Fsp3) is 0.528. The maximum absolute atomic E-state index is 14.1. The lowest BCUT2D eigenvalue weighted by Gasteiger charge is -2.13. The van der Waals surface area contributed by atoms with Gasteiger partial charge in [-0.25, -0.2) is 21.9 Å². The van der Waals surface area contributed by atoms with E-state index < -0.39 is 11.1 Å². The van der Waals surface area contributed by atoms with Crippen molar-refractivity contribution in [3.8, 4) is 0 Å². The molecule has 2 aromatic rings. The van der Waals surface area contributed by atoms with Crippen LogP contribution in [-0.2, 0) is 22.3 Å². The molecule has 0 amide bonds. The van der Waals surface area contributed by atoms with Crippen LogP contribution in [0.25, 0.3) is 9.69 Å². The lowest BCUT2D eigenvalue weighted by Crippen LogP contribution is -2.14. The van der Waals surface area contributed by atoms with Gasteiger partial charge in [-0.1, -0.05) is 53.8 Å². The van der Waals surface area contributed by atoms with Gasteiger partial charge in [0.1, 0.15) is 17.4 Å². The molecule has 2 aliphatic rings. The van der Waals surface area contributed by atoms with Crippen LogP contribution in [-0.4, -0.2) is 17.0 Å². The van der Waals surface area contributed by atoms with Crippen LogP contribution in [0.3, 0.4) is 0 Å². The van der Waals surface area contributed by atoms with Crippen LogP contribution in [0.1, 0.15) is 102 Å². The van der Waals surface area contributed by atoms with E-state index in [0.717, 1.165) is 31.2 Å². The lowest BCUT2D eigenvalue weighted by atomic mass is 9.92. The number of hydrogen-bond acceptors (Lipinski definition) is 2. The van der Waals surface area contributed by atoms with Crippen LogP contribution in [0.4, 0.5) is 8.78 Å². The van der Waals surface area contributed by atoms with E-state index in [2.05, 4.69) is 32.2 Å². The molecule has 0 radical (unpaired) electrons. The molecule has 2 fully saturated rings. The number of rotatable bonds is 8. The van der Waals surface area contributed by atoms with Crippen LogP contribution in [0.2, 0.25) is 0 Å². The van der Waals surface area contributed by atoms with Gasteiger partial charge in [0, 0.05) is 44.5 Å². The molecule has 1 N–H and O–H groups in total. The number of aliphatic hydroxyl groups excluding tert-OH is 1. The molecule has 0 spiro atoms. The first kappa shape index (κ1) is 36.3.